The Balaban J connectivity index is 2.12. The van der Waals surface area contributed by atoms with Crippen LogP contribution in [0.4, 0.5) is 0 Å². The Labute approximate surface area is 309 Å². The number of amides is 6. The molecule has 53 heavy (non-hydrogen) atoms. The molecule has 0 unspecified atom stereocenters. The van der Waals surface area contributed by atoms with Gasteiger partial charge in [-0.2, -0.15) is 0 Å². The molecule has 5 atom stereocenters. The maximum atomic E-state index is 13.9. The number of nitrogens with zero attached hydrogens (tertiary/aromatic N) is 2. The molecule has 0 spiro atoms. The van der Waals surface area contributed by atoms with E-state index in [4.69, 9.17) is 22.9 Å². The second-order valence-electron chi connectivity index (χ2n) is 13.2. The van der Waals surface area contributed by atoms with Gasteiger partial charge in [0.15, 0.2) is 5.96 Å². The number of nitrogens with one attached hydrogen (secondary N) is 4. The highest BCUT2D eigenvalue weighted by atomic mass is 16.3. The first-order valence-electron chi connectivity index (χ1n) is 17.3. The van der Waals surface area contributed by atoms with Crippen LogP contribution in [-0.4, -0.2) is 102 Å². The van der Waals surface area contributed by atoms with Crippen LogP contribution in [0.15, 0.2) is 59.6 Å². The summed E-state index contributed by atoms with van der Waals surface area (Å²) in [5, 5.41) is 19.8. The molecule has 0 saturated heterocycles. The summed E-state index contributed by atoms with van der Waals surface area (Å²) >= 11 is 0. The number of aromatic hydroxyl groups is 1. The van der Waals surface area contributed by atoms with Crippen LogP contribution in [0.3, 0.4) is 0 Å². The van der Waals surface area contributed by atoms with Crippen molar-refractivity contribution in [2.24, 2.45) is 33.8 Å². The zero-order chi connectivity index (χ0) is 39.7. The summed E-state index contributed by atoms with van der Waals surface area (Å²) < 4.78 is 0. The van der Waals surface area contributed by atoms with Gasteiger partial charge < -0.3 is 54.2 Å². The molecule has 13 N–H and O–H groups in total. The third-order valence-corrected chi connectivity index (χ3v) is 8.28. The number of primary amides is 1. The fourth-order valence-corrected chi connectivity index (χ4v) is 5.25. The summed E-state index contributed by atoms with van der Waals surface area (Å²) in [6.07, 6.45) is 0.981. The molecular formula is C36H54N10O7. The van der Waals surface area contributed by atoms with E-state index in [-0.39, 0.29) is 49.9 Å². The Hall–Kier alpha value is -5.71. The Bertz CT molecular complexity index is 1570. The number of carbonyl (C=O) groups is 6. The highest BCUT2D eigenvalue weighted by Gasteiger charge is 2.32. The van der Waals surface area contributed by atoms with Gasteiger partial charge in [-0.05, 0) is 61.8 Å². The predicted molar refractivity (Wildman–Crippen MR) is 200 cm³/mol. The summed E-state index contributed by atoms with van der Waals surface area (Å²) in [6.45, 7) is 4.89. The fourth-order valence-electron chi connectivity index (χ4n) is 5.25. The lowest BCUT2D eigenvalue weighted by Gasteiger charge is -2.30. The number of rotatable bonds is 21. The molecule has 17 heteroatoms. The summed E-state index contributed by atoms with van der Waals surface area (Å²) in [7, 11) is 1.41. The summed E-state index contributed by atoms with van der Waals surface area (Å²) in [5.74, 6) is -3.97. The lowest BCUT2D eigenvalue weighted by molar-refractivity contribution is -0.140. The summed E-state index contributed by atoms with van der Waals surface area (Å²) in [4.78, 5) is 83.4. The van der Waals surface area contributed by atoms with Gasteiger partial charge in [0.1, 0.15) is 29.9 Å². The molecule has 0 aliphatic heterocycles. The molecule has 0 saturated carbocycles. The van der Waals surface area contributed by atoms with Gasteiger partial charge in [0, 0.05) is 20.0 Å². The first-order valence-corrected chi connectivity index (χ1v) is 17.3. The van der Waals surface area contributed by atoms with E-state index in [1.165, 1.54) is 31.0 Å². The summed E-state index contributed by atoms with van der Waals surface area (Å²) in [6, 6.07) is 9.91. The fraction of sp³-hybridized carbons (Fsp3) is 0.472. The molecule has 0 fully saturated rings. The number of phenolic OH excluding ortho intramolecular Hbond substituents is 1. The Morgan fingerprint density at radius 3 is 1.96 bits per heavy atom. The lowest BCUT2D eigenvalue weighted by Crippen LogP contribution is -2.58. The van der Waals surface area contributed by atoms with Crippen molar-refractivity contribution in [2.75, 3.05) is 20.1 Å². The van der Waals surface area contributed by atoms with E-state index in [9.17, 15) is 33.9 Å². The van der Waals surface area contributed by atoms with Gasteiger partial charge in [0.2, 0.25) is 35.4 Å². The number of guanidine groups is 1. The first-order chi connectivity index (χ1) is 25.0. The van der Waals surface area contributed by atoms with Crippen molar-refractivity contribution >= 4 is 41.4 Å². The average molecular weight is 739 g/mol. The van der Waals surface area contributed by atoms with Gasteiger partial charge in [0.05, 0.1) is 12.6 Å². The Morgan fingerprint density at radius 2 is 1.38 bits per heavy atom. The minimum absolute atomic E-state index is 0.0491. The van der Waals surface area contributed by atoms with Crippen LogP contribution < -0.4 is 44.2 Å². The number of nitrogens with two attached hydrogens (primary N) is 4. The topological polar surface area (TPSA) is 290 Å². The smallest absolute Gasteiger partial charge is 0.243 e. The SMILES string of the molecule is CC(C)C[C@H](NC(=O)[C@H](Cc1ccccc1)N(C)C(=O)CNC(=O)[C@@H](C)NC(=O)[C@@H](N)Cc1ccc(O)cc1)C(=O)N[C@@H](CCCN=C(N)N)C(N)=O. The zero-order valence-electron chi connectivity index (χ0n) is 30.7. The van der Waals surface area contributed by atoms with Crippen molar-refractivity contribution in [3.8, 4) is 5.75 Å². The van der Waals surface area contributed by atoms with Crippen LogP contribution >= 0.6 is 0 Å². The van der Waals surface area contributed by atoms with Crippen LogP contribution in [-0.2, 0) is 41.6 Å². The van der Waals surface area contributed by atoms with Gasteiger partial charge in [-0.1, -0.05) is 56.3 Å². The molecule has 0 aliphatic rings. The van der Waals surface area contributed by atoms with E-state index in [1.54, 1.807) is 42.5 Å². The largest absolute Gasteiger partial charge is 0.508 e. The highest BCUT2D eigenvalue weighted by molar-refractivity contribution is 5.95. The van der Waals surface area contributed by atoms with Crippen molar-refractivity contribution in [1.29, 1.82) is 0 Å². The van der Waals surface area contributed by atoms with Crippen LogP contribution in [0.2, 0.25) is 0 Å². The molecule has 0 bridgehead atoms. The van der Waals surface area contributed by atoms with Crippen molar-refractivity contribution in [2.45, 2.75) is 83.1 Å². The van der Waals surface area contributed by atoms with E-state index in [0.29, 0.717) is 12.0 Å². The molecule has 0 aromatic heterocycles. The number of carbonyl (C=O) groups excluding carboxylic acids is 6. The Morgan fingerprint density at radius 1 is 0.774 bits per heavy atom. The average Bonchev–Trinajstić information content (AvgIpc) is 3.10. The summed E-state index contributed by atoms with van der Waals surface area (Å²) in [5.41, 5.74) is 23.7. The van der Waals surface area contributed by atoms with Gasteiger partial charge in [-0.25, -0.2) is 0 Å². The maximum Gasteiger partial charge on any atom is 0.243 e. The van der Waals surface area contributed by atoms with Gasteiger partial charge >= 0.3 is 0 Å². The van der Waals surface area contributed by atoms with E-state index < -0.39 is 72.2 Å². The van der Waals surface area contributed by atoms with Crippen molar-refractivity contribution < 1.29 is 33.9 Å². The quantitative estimate of drug-likeness (QED) is 0.0406. The normalized spacial score (nSPS) is 13.7. The zero-order valence-corrected chi connectivity index (χ0v) is 30.7. The number of hydrogen-bond donors (Lipinski definition) is 9. The molecule has 2 aromatic carbocycles. The van der Waals surface area contributed by atoms with Crippen molar-refractivity contribution in [3.05, 3.63) is 65.7 Å². The number of phenols is 1. The Kier molecular flexibility index (Phi) is 17.7. The third-order valence-electron chi connectivity index (χ3n) is 8.28. The second kappa shape index (κ2) is 21.6. The minimum Gasteiger partial charge on any atom is -0.508 e. The third kappa shape index (κ3) is 15.6. The maximum absolute atomic E-state index is 13.9. The number of aliphatic imine (C=N–C) groups is 1. The second-order valence-corrected chi connectivity index (χ2v) is 13.2. The minimum atomic E-state index is -1.11. The van der Waals surface area contributed by atoms with Gasteiger partial charge in [0.25, 0.3) is 0 Å². The standard InChI is InChI=1S/C36H54N10O7/c1-21(2)17-28(34(52)44-27(31(38)49)11-8-16-41-36(39)40)45-35(53)29(19-23-9-6-5-7-10-23)46(4)30(48)20-42-32(50)22(3)43-33(51)26(37)18-24-12-14-25(47)15-13-24/h5-7,9-10,12-15,21-22,26-29,47H,8,11,16-20,37H2,1-4H3,(H2,38,49)(H,42,50)(H,43,51)(H,44,52)(H,45,53)(H4,39,40,41)/t22-,26+,27+,28+,29+/m1/s1. The first kappa shape index (κ1) is 43.5. The van der Waals surface area contributed by atoms with Crippen molar-refractivity contribution in [3.63, 3.8) is 0 Å². The number of hydrogen-bond acceptors (Lipinski definition) is 9. The van der Waals surface area contributed by atoms with Gasteiger partial charge in [-0.3, -0.25) is 33.8 Å². The molecular weight excluding hydrogens is 684 g/mol. The lowest BCUT2D eigenvalue weighted by atomic mass is 10.00. The van der Waals surface area contributed by atoms with E-state index in [2.05, 4.69) is 26.3 Å². The van der Waals surface area contributed by atoms with Crippen LogP contribution in [0.25, 0.3) is 0 Å². The molecule has 0 heterocycles. The molecule has 6 amide bonds. The molecule has 290 valence electrons. The van der Waals surface area contributed by atoms with E-state index >= 15 is 0 Å². The van der Waals surface area contributed by atoms with Crippen molar-refractivity contribution in [1.82, 2.24) is 26.2 Å². The molecule has 2 rings (SSSR count). The van der Waals surface area contributed by atoms with Gasteiger partial charge in [-0.15, -0.1) is 0 Å². The van der Waals surface area contributed by atoms with E-state index in [0.717, 1.165) is 5.56 Å². The van der Waals surface area contributed by atoms with Crippen LogP contribution in [0, 0.1) is 5.92 Å². The van der Waals surface area contributed by atoms with E-state index in [1.807, 2.05) is 13.8 Å². The monoisotopic (exact) mass is 738 g/mol. The number of benzene rings is 2. The molecule has 17 nitrogen and oxygen atoms in total. The molecule has 0 aliphatic carbocycles. The number of likely N-dealkylation sites (N-methyl/N-ethyl adjacent to an activating group) is 1. The molecule has 0 radical (unpaired) electrons. The van der Waals surface area contributed by atoms with Crippen LogP contribution in [0.5, 0.6) is 5.75 Å². The van der Waals surface area contributed by atoms with Crippen LogP contribution in [0.1, 0.15) is 51.2 Å². The predicted octanol–water partition coefficient (Wildman–Crippen LogP) is -1.49. The highest BCUT2D eigenvalue weighted by Crippen LogP contribution is 2.13. The molecule has 2 aromatic rings.